The topological polar surface area (TPSA) is 49.8 Å². The number of aliphatic hydroxyl groups is 1. The van der Waals surface area contributed by atoms with E-state index in [4.69, 9.17) is 4.74 Å². The Balaban J connectivity index is 1.87. The van der Waals surface area contributed by atoms with Gasteiger partial charge in [0.2, 0.25) is 5.91 Å². The summed E-state index contributed by atoms with van der Waals surface area (Å²) in [6, 6.07) is 0.179. The lowest BCUT2D eigenvalue weighted by Crippen LogP contribution is -2.53. The molecule has 2 heterocycles. The Morgan fingerprint density at radius 2 is 2.22 bits per heavy atom. The van der Waals surface area contributed by atoms with Gasteiger partial charge in [-0.2, -0.15) is 0 Å². The monoisotopic (exact) mass is 251 g/mol. The molecule has 4 rings (SSSR count). The van der Waals surface area contributed by atoms with Gasteiger partial charge in [0.05, 0.1) is 18.1 Å². The Morgan fingerprint density at radius 1 is 1.50 bits per heavy atom. The second-order valence-corrected chi connectivity index (χ2v) is 6.69. The van der Waals surface area contributed by atoms with E-state index >= 15 is 0 Å². The molecule has 0 aromatic rings. The Morgan fingerprint density at radius 3 is 2.83 bits per heavy atom. The molecule has 1 amide bonds. The first-order valence-corrected chi connectivity index (χ1v) is 7.22. The van der Waals surface area contributed by atoms with Crippen molar-refractivity contribution in [2.24, 2.45) is 23.7 Å². The van der Waals surface area contributed by atoms with E-state index in [1.54, 1.807) is 0 Å². The zero-order valence-corrected chi connectivity index (χ0v) is 11.2. The second kappa shape index (κ2) is 3.10. The van der Waals surface area contributed by atoms with Crippen LogP contribution in [0.15, 0.2) is 0 Å². The maximum atomic E-state index is 12.7. The van der Waals surface area contributed by atoms with Gasteiger partial charge in [0.15, 0.2) is 0 Å². The summed E-state index contributed by atoms with van der Waals surface area (Å²) in [6.45, 7) is 6.24. The molecule has 0 radical (unpaired) electrons. The number of ether oxygens (including phenoxy) is 1. The molecule has 18 heavy (non-hydrogen) atoms. The van der Waals surface area contributed by atoms with Crippen molar-refractivity contribution in [3.05, 3.63) is 0 Å². The summed E-state index contributed by atoms with van der Waals surface area (Å²) in [5, 5.41) is 10.3. The number of nitrogens with zero attached hydrogens (tertiary/aromatic N) is 1. The molecule has 2 aliphatic heterocycles. The molecule has 2 saturated heterocycles. The van der Waals surface area contributed by atoms with Crippen molar-refractivity contribution in [3.63, 3.8) is 0 Å². The molecular weight excluding hydrogens is 230 g/mol. The first-order valence-electron chi connectivity index (χ1n) is 7.22. The summed E-state index contributed by atoms with van der Waals surface area (Å²) in [5.41, 5.74) is -0.419. The van der Waals surface area contributed by atoms with Gasteiger partial charge in [-0.15, -0.1) is 0 Å². The highest BCUT2D eigenvalue weighted by Crippen LogP contribution is 2.68. The maximum absolute atomic E-state index is 12.7. The predicted octanol–water partition coefficient (Wildman–Crippen LogP) is 0.985. The molecule has 4 fully saturated rings. The number of hydrogen-bond acceptors (Lipinski definition) is 3. The van der Waals surface area contributed by atoms with Gasteiger partial charge < -0.3 is 14.7 Å². The van der Waals surface area contributed by atoms with Crippen molar-refractivity contribution in [2.45, 2.75) is 57.6 Å². The van der Waals surface area contributed by atoms with Crippen LogP contribution in [0.3, 0.4) is 0 Å². The quantitative estimate of drug-likeness (QED) is 0.796. The molecule has 4 aliphatic rings. The summed E-state index contributed by atoms with van der Waals surface area (Å²) >= 11 is 0. The fourth-order valence-electron chi connectivity index (χ4n) is 5.50. The number of carbonyl (C=O) groups excluding carboxylic acids is 1. The summed E-state index contributed by atoms with van der Waals surface area (Å²) in [5.74, 6) is 1.13. The molecule has 2 bridgehead atoms. The maximum Gasteiger partial charge on any atom is 0.229 e. The number of hydrogen-bond donors (Lipinski definition) is 1. The number of likely N-dealkylation sites (tertiary alicyclic amines) is 1. The van der Waals surface area contributed by atoms with Gasteiger partial charge in [0, 0.05) is 12.0 Å². The van der Waals surface area contributed by atoms with E-state index in [0.29, 0.717) is 11.8 Å². The Labute approximate surface area is 107 Å². The van der Waals surface area contributed by atoms with Crippen LogP contribution in [0.25, 0.3) is 0 Å². The van der Waals surface area contributed by atoms with Gasteiger partial charge in [-0.05, 0) is 38.5 Å². The van der Waals surface area contributed by atoms with Crippen LogP contribution in [0.4, 0.5) is 0 Å². The van der Waals surface area contributed by atoms with Crippen LogP contribution < -0.4 is 0 Å². The fraction of sp³-hybridized carbons (Fsp3) is 0.929. The van der Waals surface area contributed by atoms with Gasteiger partial charge in [-0.3, -0.25) is 4.79 Å². The third-order valence-corrected chi connectivity index (χ3v) is 5.87. The smallest absolute Gasteiger partial charge is 0.229 e. The number of rotatable bonds is 2. The van der Waals surface area contributed by atoms with Crippen LogP contribution in [0.5, 0.6) is 0 Å². The minimum Gasteiger partial charge on any atom is -0.390 e. The molecule has 0 aromatic carbocycles. The summed E-state index contributed by atoms with van der Waals surface area (Å²) in [4.78, 5) is 14.7. The lowest BCUT2D eigenvalue weighted by atomic mass is 9.76. The molecular formula is C14H21NO3. The van der Waals surface area contributed by atoms with E-state index in [9.17, 15) is 9.90 Å². The van der Waals surface area contributed by atoms with E-state index in [1.807, 2.05) is 4.90 Å². The van der Waals surface area contributed by atoms with Crippen molar-refractivity contribution in [3.8, 4) is 0 Å². The zero-order chi connectivity index (χ0) is 12.8. The number of fused-ring (bicyclic) bond motifs is 2. The Bertz CT molecular complexity index is 423. The minimum absolute atomic E-state index is 0.0195. The molecule has 100 valence electrons. The molecule has 7 unspecified atom stereocenters. The van der Waals surface area contributed by atoms with Gasteiger partial charge in [0.1, 0.15) is 5.72 Å². The van der Waals surface area contributed by atoms with Crippen LogP contribution in [0.1, 0.15) is 33.6 Å². The molecule has 0 aromatic heterocycles. The molecule has 4 heteroatoms. The zero-order valence-electron chi connectivity index (χ0n) is 11.2. The molecule has 1 N–H and O–H groups in total. The van der Waals surface area contributed by atoms with Crippen molar-refractivity contribution in [1.82, 2.24) is 4.90 Å². The fourth-order valence-corrected chi connectivity index (χ4v) is 5.50. The summed E-state index contributed by atoms with van der Waals surface area (Å²) < 4.78 is 6.28. The van der Waals surface area contributed by atoms with Gasteiger partial charge in [0.25, 0.3) is 0 Å². The average Bonchev–Trinajstić information content (AvgIpc) is 2.94. The van der Waals surface area contributed by atoms with Gasteiger partial charge in [-0.1, -0.05) is 6.92 Å². The SMILES string of the molecule is CCC12OC3C(O)C4CC3C1C4C(=O)N2C(C)C. The summed E-state index contributed by atoms with van der Waals surface area (Å²) in [6.07, 6.45) is 1.39. The van der Waals surface area contributed by atoms with E-state index in [1.165, 1.54) is 0 Å². The standard InChI is InChI=1S/C14H21NO3/c1-4-14-10-8-5-7(11(16)12(8)18-14)9(10)13(17)15(14)6(2)3/h6-12,16H,4-5H2,1-3H3. The van der Waals surface area contributed by atoms with E-state index in [0.717, 1.165) is 12.8 Å². The van der Waals surface area contributed by atoms with E-state index in [-0.39, 0.29) is 29.9 Å². The predicted molar refractivity (Wildman–Crippen MR) is 64.5 cm³/mol. The van der Waals surface area contributed by atoms with Crippen LogP contribution in [-0.4, -0.2) is 39.9 Å². The largest absolute Gasteiger partial charge is 0.390 e. The second-order valence-electron chi connectivity index (χ2n) is 6.69. The van der Waals surface area contributed by atoms with Crippen molar-refractivity contribution >= 4 is 5.91 Å². The minimum atomic E-state index is -0.419. The van der Waals surface area contributed by atoms with Crippen LogP contribution in [0, 0.1) is 23.7 Å². The van der Waals surface area contributed by atoms with Crippen molar-refractivity contribution in [1.29, 1.82) is 0 Å². The Kier molecular flexibility index (Phi) is 1.93. The molecule has 0 spiro atoms. The lowest BCUT2D eigenvalue weighted by molar-refractivity contribution is -0.184. The van der Waals surface area contributed by atoms with E-state index < -0.39 is 11.8 Å². The van der Waals surface area contributed by atoms with Gasteiger partial charge >= 0.3 is 0 Å². The van der Waals surface area contributed by atoms with Gasteiger partial charge in [-0.25, -0.2) is 0 Å². The van der Waals surface area contributed by atoms with Crippen LogP contribution in [-0.2, 0) is 9.53 Å². The van der Waals surface area contributed by atoms with Crippen molar-refractivity contribution in [2.75, 3.05) is 0 Å². The first kappa shape index (κ1) is 11.2. The lowest BCUT2D eigenvalue weighted by Gasteiger charge is -2.40. The van der Waals surface area contributed by atoms with Crippen LogP contribution in [0.2, 0.25) is 0 Å². The molecule has 2 saturated carbocycles. The van der Waals surface area contributed by atoms with Crippen molar-refractivity contribution < 1.29 is 14.6 Å². The summed E-state index contributed by atoms with van der Waals surface area (Å²) in [7, 11) is 0. The normalized spacial score (nSPS) is 56.3. The third kappa shape index (κ3) is 0.904. The first-order chi connectivity index (χ1) is 8.53. The highest BCUT2D eigenvalue weighted by Gasteiger charge is 2.77. The average molecular weight is 251 g/mol. The Hall–Kier alpha value is -0.610. The highest BCUT2D eigenvalue weighted by atomic mass is 16.6. The number of amides is 1. The van der Waals surface area contributed by atoms with Crippen LogP contribution >= 0.6 is 0 Å². The number of carbonyl (C=O) groups is 1. The molecule has 2 aliphatic carbocycles. The molecule has 4 nitrogen and oxygen atoms in total. The van der Waals surface area contributed by atoms with E-state index in [2.05, 4.69) is 20.8 Å². The number of aliphatic hydroxyl groups excluding tert-OH is 1. The third-order valence-electron chi connectivity index (χ3n) is 5.87. The highest BCUT2D eigenvalue weighted by molar-refractivity contribution is 5.84. The molecule has 7 atom stereocenters.